The van der Waals surface area contributed by atoms with Crippen molar-refractivity contribution < 1.29 is 9.53 Å². The number of hydrogen-bond donors (Lipinski definition) is 0. The number of thioether (sulfide) groups is 1. The minimum Gasteiger partial charge on any atom is -0.376 e. The molecule has 0 aliphatic carbocycles. The third kappa shape index (κ3) is 4.24. The number of ether oxygens (including phenoxy) is 1. The Kier molecular flexibility index (Phi) is 6.41. The molecule has 1 atom stereocenters. The summed E-state index contributed by atoms with van der Waals surface area (Å²) in [5, 5.41) is 11.7. The molecule has 1 fully saturated rings. The lowest BCUT2D eigenvalue weighted by Gasteiger charge is -2.15. The highest BCUT2D eigenvalue weighted by atomic mass is 32.2. The van der Waals surface area contributed by atoms with E-state index in [-0.39, 0.29) is 11.9 Å². The molecule has 0 amide bonds. The monoisotopic (exact) mass is 441 g/mol. The van der Waals surface area contributed by atoms with Crippen LogP contribution < -0.4 is 0 Å². The molecule has 30 heavy (non-hydrogen) atoms. The van der Waals surface area contributed by atoms with Gasteiger partial charge in [-0.15, -0.1) is 21.5 Å². The number of carbonyl (C=O) groups is 1. The van der Waals surface area contributed by atoms with Gasteiger partial charge in [0.1, 0.15) is 0 Å². The molecule has 0 bridgehead atoms. The van der Waals surface area contributed by atoms with E-state index < -0.39 is 0 Å². The van der Waals surface area contributed by atoms with Gasteiger partial charge >= 0.3 is 0 Å². The van der Waals surface area contributed by atoms with Crippen LogP contribution in [0.1, 0.15) is 45.5 Å². The summed E-state index contributed by atoms with van der Waals surface area (Å²) in [5.74, 6) is 1.33. The topological polar surface area (TPSA) is 57.0 Å². The van der Waals surface area contributed by atoms with Crippen LogP contribution in [0.5, 0.6) is 0 Å². The molecule has 1 aromatic carbocycles. The van der Waals surface area contributed by atoms with E-state index in [9.17, 15) is 4.79 Å². The van der Waals surface area contributed by atoms with Gasteiger partial charge in [-0.2, -0.15) is 0 Å². The summed E-state index contributed by atoms with van der Waals surface area (Å²) in [6.45, 7) is 9.84. The molecule has 1 aliphatic heterocycles. The van der Waals surface area contributed by atoms with Crippen LogP contribution in [0.4, 0.5) is 0 Å². The number of thiophene rings is 1. The Hall–Kier alpha value is -1.96. The van der Waals surface area contributed by atoms with Gasteiger partial charge in [-0.1, -0.05) is 17.8 Å². The van der Waals surface area contributed by atoms with Crippen molar-refractivity contribution in [3.05, 3.63) is 51.4 Å². The van der Waals surface area contributed by atoms with Crippen LogP contribution in [0, 0.1) is 27.7 Å². The molecule has 1 unspecified atom stereocenters. The van der Waals surface area contributed by atoms with Crippen molar-refractivity contribution in [2.24, 2.45) is 0 Å². The largest absolute Gasteiger partial charge is 0.376 e. The summed E-state index contributed by atoms with van der Waals surface area (Å²) in [5.41, 5.74) is 5.50. The highest BCUT2D eigenvalue weighted by Gasteiger charge is 2.23. The summed E-state index contributed by atoms with van der Waals surface area (Å²) in [6.07, 6.45) is 2.32. The Balaban J connectivity index is 1.57. The number of rotatable bonds is 7. The molecule has 0 N–H and O–H groups in total. The molecule has 4 rings (SSSR count). The molecular formula is C23H27N3O2S2. The van der Waals surface area contributed by atoms with Crippen LogP contribution in [0.15, 0.2) is 28.7 Å². The number of aromatic nitrogens is 3. The molecule has 158 valence electrons. The third-order valence-corrected chi connectivity index (χ3v) is 7.82. The fraction of sp³-hybridized carbons (Fsp3) is 0.435. The van der Waals surface area contributed by atoms with Crippen LogP contribution in [-0.2, 0) is 11.3 Å². The average molecular weight is 442 g/mol. The maximum absolute atomic E-state index is 13.0. The lowest BCUT2D eigenvalue weighted by molar-refractivity contribution is 0.0953. The summed E-state index contributed by atoms with van der Waals surface area (Å²) in [7, 11) is 0. The zero-order chi connectivity index (χ0) is 21.3. The fourth-order valence-electron chi connectivity index (χ4n) is 3.85. The molecule has 5 nitrogen and oxygen atoms in total. The molecular weight excluding hydrogens is 414 g/mol. The van der Waals surface area contributed by atoms with Gasteiger partial charge < -0.3 is 4.74 Å². The first kappa shape index (κ1) is 21.3. The molecule has 2 aromatic heterocycles. The predicted octanol–water partition coefficient (Wildman–Crippen LogP) is 5.39. The second-order valence-electron chi connectivity index (χ2n) is 7.86. The van der Waals surface area contributed by atoms with Crippen LogP contribution in [0.3, 0.4) is 0 Å². The normalized spacial score (nSPS) is 16.3. The molecule has 0 saturated carbocycles. The first-order valence-corrected chi connectivity index (χ1v) is 12.1. The number of carbonyl (C=O) groups excluding carboxylic acids is 1. The second kappa shape index (κ2) is 9.04. The van der Waals surface area contributed by atoms with Crippen molar-refractivity contribution in [1.29, 1.82) is 0 Å². The quantitative estimate of drug-likeness (QED) is 0.363. The zero-order valence-electron chi connectivity index (χ0n) is 17.9. The fourth-order valence-corrected chi connectivity index (χ4v) is 5.40. The van der Waals surface area contributed by atoms with Crippen molar-refractivity contribution >= 4 is 28.9 Å². The van der Waals surface area contributed by atoms with Crippen LogP contribution in [0.2, 0.25) is 0 Å². The standard InChI is InChI=1S/C23H27N3O2S2/c1-14-11-19(17(4)16(3)15(14)2)20(27)13-30-23-25-24-22(21-8-6-10-29-21)26(23)12-18-7-5-9-28-18/h6,8,10-11,18H,5,7,9,12-13H2,1-4H3. The van der Waals surface area contributed by atoms with Gasteiger partial charge in [0.15, 0.2) is 16.8 Å². The van der Waals surface area contributed by atoms with Gasteiger partial charge in [0, 0.05) is 12.2 Å². The van der Waals surface area contributed by atoms with E-state index >= 15 is 0 Å². The van der Waals surface area contributed by atoms with E-state index in [0.29, 0.717) is 5.75 Å². The van der Waals surface area contributed by atoms with Gasteiger partial charge in [-0.25, -0.2) is 0 Å². The van der Waals surface area contributed by atoms with Crippen molar-refractivity contribution in [3.8, 4) is 10.7 Å². The lowest BCUT2D eigenvalue weighted by Crippen LogP contribution is -2.17. The number of hydrogen-bond acceptors (Lipinski definition) is 6. The molecule has 1 saturated heterocycles. The van der Waals surface area contributed by atoms with E-state index in [1.54, 1.807) is 11.3 Å². The predicted molar refractivity (Wildman–Crippen MR) is 123 cm³/mol. The van der Waals surface area contributed by atoms with Gasteiger partial charge in [0.2, 0.25) is 0 Å². The van der Waals surface area contributed by atoms with Crippen molar-refractivity contribution in [2.75, 3.05) is 12.4 Å². The van der Waals surface area contributed by atoms with Gasteiger partial charge in [0.25, 0.3) is 0 Å². The lowest BCUT2D eigenvalue weighted by atomic mass is 9.93. The molecule has 0 radical (unpaired) electrons. The highest BCUT2D eigenvalue weighted by molar-refractivity contribution is 7.99. The summed E-state index contributed by atoms with van der Waals surface area (Å²) >= 11 is 3.11. The molecule has 3 aromatic rings. The number of Topliss-reactive ketones (excluding diaryl/α,β-unsaturated/α-hetero) is 1. The Morgan fingerprint density at radius 3 is 2.77 bits per heavy atom. The summed E-state index contributed by atoms with van der Waals surface area (Å²) in [4.78, 5) is 14.1. The number of nitrogens with zero attached hydrogens (tertiary/aromatic N) is 3. The Labute approximate surface area is 185 Å². The zero-order valence-corrected chi connectivity index (χ0v) is 19.5. The van der Waals surface area contributed by atoms with Gasteiger partial charge in [0.05, 0.1) is 23.3 Å². The number of aryl methyl sites for hydroxylation is 1. The average Bonchev–Trinajstić information content (AvgIpc) is 3.50. The van der Waals surface area contributed by atoms with E-state index in [1.165, 1.54) is 22.9 Å². The molecule has 7 heteroatoms. The van der Waals surface area contributed by atoms with Gasteiger partial charge in [-0.3, -0.25) is 9.36 Å². The number of ketones is 1. The molecule has 0 spiro atoms. The van der Waals surface area contributed by atoms with Crippen molar-refractivity contribution in [2.45, 2.75) is 58.3 Å². The minimum absolute atomic E-state index is 0.132. The summed E-state index contributed by atoms with van der Waals surface area (Å²) < 4.78 is 7.98. The maximum atomic E-state index is 13.0. The second-order valence-corrected chi connectivity index (χ2v) is 9.75. The SMILES string of the molecule is Cc1cc(C(=O)CSc2nnc(-c3cccs3)n2CC2CCCO2)c(C)c(C)c1C. The Bertz CT molecular complexity index is 1050. The highest BCUT2D eigenvalue weighted by Crippen LogP contribution is 2.30. The first-order chi connectivity index (χ1) is 14.5. The maximum Gasteiger partial charge on any atom is 0.192 e. The van der Waals surface area contributed by atoms with Crippen LogP contribution in [-0.4, -0.2) is 39.0 Å². The molecule has 1 aliphatic rings. The van der Waals surface area contributed by atoms with Gasteiger partial charge in [-0.05, 0) is 80.3 Å². The van der Waals surface area contributed by atoms with E-state index in [2.05, 4.69) is 41.6 Å². The third-order valence-electron chi connectivity index (χ3n) is 5.98. The van der Waals surface area contributed by atoms with Crippen LogP contribution >= 0.6 is 23.1 Å². The number of benzene rings is 1. The first-order valence-electron chi connectivity index (χ1n) is 10.3. The van der Waals surface area contributed by atoms with E-state index in [4.69, 9.17) is 4.74 Å². The van der Waals surface area contributed by atoms with Crippen LogP contribution in [0.25, 0.3) is 10.7 Å². The Morgan fingerprint density at radius 2 is 2.07 bits per heavy atom. The summed E-state index contributed by atoms with van der Waals surface area (Å²) in [6, 6.07) is 6.10. The smallest absolute Gasteiger partial charge is 0.192 e. The van der Waals surface area contributed by atoms with Crippen molar-refractivity contribution in [3.63, 3.8) is 0 Å². The Morgan fingerprint density at radius 1 is 1.23 bits per heavy atom. The molecule has 3 heterocycles. The van der Waals surface area contributed by atoms with E-state index in [0.717, 1.165) is 58.5 Å². The van der Waals surface area contributed by atoms with Crippen molar-refractivity contribution in [1.82, 2.24) is 14.8 Å². The minimum atomic E-state index is 0.132. The van der Waals surface area contributed by atoms with E-state index in [1.807, 2.05) is 24.4 Å².